The van der Waals surface area contributed by atoms with Crippen molar-refractivity contribution < 1.29 is 14.5 Å². The van der Waals surface area contributed by atoms with Crippen molar-refractivity contribution in [2.24, 2.45) is 5.92 Å². The molecule has 110 valence electrons. The molecule has 1 N–H and O–H groups in total. The minimum Gasteiger partial charge on any atom is -0.484 e. The number of ether oxygens (including phenoxy) is 1. The Kier molecular flexibility index (Phi) is 5.49. The fourth-order valence-corrected chi connectivity index (χ4v) is 1.53. The zero-order valence-electron chi connectivity index (χ0n) is 12.2. The number of nitrogens with zero attached hydrogens (tertiary/aromatic N) is 1. The van der Waals surface area contributed by atoms with Crippen molar-refractivity contribution in [3.8, 4) is 5.75 Å². The van der Waals surface area contributed by atoms with Crippen LogP contribution in [-0.2, 0) is 4.79 Å². The van der Waals surface area contributed by atoms with Gasteiger partial charge in [0.2, 0.25) is 0 Å². The van der Waals surface area contributed by atoms with E-state index in [4.69, 9.17) is 4.74 Å². The first kappa shape index (κ1) is 15.9. The number of nitrogens with one attached hydrogen (secondary N) is 1. The summed E-state index contributed by atoms with van der Waals surface area (Å²) in [6, 6.07) is 4.49. The van der Waals surface area contributed by atoms with Crippen LogP contribution in [0.25, 0.3) is 0 Å². The van der Waals surface area contributed by atoms with Gasteiger partial charge in [0.05, 0.1) is 4.92 Å². The van der Waals surface area contributed by atoms with Gasteiger partial charge in [0, 0.05) is 17.7 Å². The molecule has 1 amide bonds. The molecule has 0 aliphatic rings. The highest BCUT2D eigenvalue weighted by Crippen LogP contribution is 2.22. The number of rotatable bonds is 6. The van der Waals surface area contributed by atoms with Gasteiger partial charge in [-0.15, -0.1) is 0 Å². The molecule has 0 spiro atoms. The van der Waals surface area contributed by atoms with Crippen LogP contribution in [0.15, 0.2) is 18.2 Å². The van der Waals surface area contributed by atoms with Crippen LogP contribution >= 0.6 is 0 Å². The summed E-state index contributed by atoms with van der Waals surface area (Å²) in [6.45, 7) is 7.50. The maximum absolute atomic E-state index is 11.6. The van der Waals surface area contributed by atoms with Crippen LogP contribution in [0, 0.1) is 23.0 Å². The van der Waals surface area contributed by atoms with E-state index in [1.165, 1.54) is 12.1 Å². The standard InChI is InChI=1S/C14H20N2O4/c1-9(2)11(4)15-14(17)8-20-12-5-6-13(16(18)19)10(3)7-12/h5-7,9,11H,8H2,1-4H3,(H,15,17)/t11-/m1/s1. The van der Waals surface area contributed by atoms with E-state index in [1.54, 1.807) is 13.0 Å². The van der Waals surface area contributed by atoms with Crippen molar-refractivity contribution >= 4 is 11.6 Å². The van der Waals surface area contributed by atoms with Crippen LogP contribution in [0.2, 0.25) is 0 Å². The largest absolute Gasteiger partial charge is 0.484 e. The Labute approximate surface area is 118 Å². The molecule has 0 heterocycles. The van der Waals surface area contributed by atoms with Gasteiger partial charge >= 0.3 is 0 Å². The number of nitro benzene ring substituents is 1. The van der Waals surface area contributed by atoms with Gasteiger partial charge in [0.1, 0.15) is 5.75 Å². The van der Waals surface area contributed by atoms with Crippen LogP contribution in [0.5, 0.6) is 5.75 Å². The van der Waals surface area contributed by atoms with Crippen LogP contribution in [0.3, 0.4) is 0 Å². The van der Waals surface area contributed by atoms with E-state index < -0.39 is 4.92 Å². The minimum atomic E-state index is -0.448. The molecule has 0 bridgehead atoms. The summed E-state index contributed by atoms with van der Waals surface area (Å²) in [5, 5.41) is 13.5. The average molecular weight is 280 g/mol. The molecule has 1 aromatic rings. The molecule has 0 saturated heterocycles. The summed E-state index contributed by atoms with van der Waals surface area (Å²) in [7, 11) is 0. The summed E-state index contributed by atoms with van der Waals surface area (Å²) in [5.74, 6) is 0.586. The van der Waals surface area contributed by atoms with Crippen molar-refractivity contribution in [3.05, 3.63) is 33.9 Å². The van der Waals surface area contributed by atoms with E-state index in [2.05, 4.69) is 5.32 Å². The number of aryl methyl sites for hydroxylation is 1. The molecule has 0 saturated carbocycles. The van der Waals surface area contributed by atoms with Gasteiger partial charge in [-0.1, -0.05) is 13.8 Å². The number of nitro groups is 1. The molecule has 0 radical (unpaired) electrons. The summed E-state index contributed by atoms with van der Waals surface area (Å²) >= 11 is 0. The smallest absolute Gasteiger partial charge is 0.272 e. The number of benzene rings is 1. The van der Waals surface area contributed by atoms with Crippen molar-refractivity contribution in [2.45, 2.75) is 33.7 Å². The van der Waals surface area contributed by atoms with Gasteiger partial charge < -0.3 is 10.1 Å². The lowest BCUT2D eigenvalue weighted by Gasteiger charge is -2.17. The third-order valence-corrected chi connectivity index (χ3v) is 3.12. The Bertz CT molecular complexity index is 500. The quantitative estimate of drug-likeness (QED) is 0.641. The monoisotopic (exact) mass is 280 g/mol. The van der Waals surface area contributed by atoms with E-state index in [-0.39, 0.29) is 24.2 Å². The second-order valence-corrected chi connectivity index (χ2v) is 5.09. The van der Waals surface area contributed by atoms with E-state index >= 15 is 0 Å². The zero-order valence-corrected chi connectivity index (χ0v) is 12.2. The topological polar surface area (TPSA) is 81.5 Å². The van der Waals surface area contributed by atoms with Crippen LogP contribution < -0.4 is 10.1 Å². The van der Waals surface area contributed by atoms with Crippen LogP contribution in [0.1, 0.15) is 26.3 Å². The number of carbonyl (C=O) groups excluding carboxylic acids is 1. The molecule has 1 atom stereocenters. The second kappa shape index (κ2) is 6.88. The third kappa shape index (κ3) is 4.53. The highest BCUT2D eigenvalue weighted by Gasteiger charge is 2.13. The first-order valence-corrected chi connectivity index (χ1v) is 6.48. The van der Waals surface area contributed by atoms with Gasteiger partial charge in [-0.2, -0.15) is 0 Å². The first-order valence-electron chi connectivity index (χ1n) is 6.48. The molecule has 1 aromatic carbocycles. The summed E-state index contributed by atoms with van der Waals surface area (Å²) in [5.41, 5.74) is 0.540. The van der Waals surface area contributed by atoms with Gasteiger partial charge in [-0.05, 0) is 31.9 Å². The van der Waals surface area contributed by atoms with Crippen molar-refractivity contribution in [1.82, 2.24) is 5.32 Å². The number of hydrogen-bond acceptors (Lipinski definition) is 4. The highest BCUT2D eigenvalue weighted by molar-refractivity contribution is 5.77. The first-order chi connectivity index (χ1) is 9.31. The average Bonchev–Trinajstić information content (AvgIpc) is 2.35. The van der Waals surface area contributed by atoms with Gasteiger partial charge in [0.25, 0.3) is 11.6 Å². The Morgan fingerprint density at radius 1 is 1.40 bits per heavy atom. The Hall–Kier alpha value is -2.11. The lowest BCUT2D eigenvalue weighted by atomic mass is 10.1. The minimum absolute atomic E-state index is 0.0373. The fourth-order valence-electron chi connectivity index (χ4n) is 1.53. The van der Waals surface area contributed by atoms with Crippen molar-refractivity contribution in [3.63, 3.8) is 0 Å². The van der Waals surface area contributed by atoms with Crippen molar-refractivity contribution in [2.75, 3.05) is 6.61 Å². The molecular weight excluding hydrogens is 260 g/mol. The molecule has 0 aliphatic carbocycles. The summed E-state index contributed by atoms with van der Waals surface area (Å²) in [4.78, 5) is 21.9. The molecule has 1 rings (SSSR count). The predicted molar refractivity (Wildman–Crippen MR) is 75.8 cm³/mol. The highest BCUT2D eigenvalue weighted by atomic mass is 16.6. The maximum atomic E-state index is 11.6. The molecule has 0 fully saturated rings. The lowest BCUT2D eigenvalue weighted by molar-refractivity contribution is -0.385. The number of hydrogen-bond donors (Lipinski definition) is 1. The van der Waals surface area contributed by atoms with E-state index in [9.17, 15) is 14.9 Å². The van der Waals surface area contributed by atoms with Gasteiger partial charge in [-0.25, -0.2) is 0 Å². The summed E-state index contributed by atoms with van der Waals surface area (Å²) < 4.78 is 5.33. The molecule has 6 nitrogen and oxygen atoms in total. The van der Waals surface area contributed by atoms with Gasteiger partial charge in [0.15, 0.2) is 6.61 Å². The molecule has 20 heavy (non-hydrogen) atoms. The van der Waals surface area contributed by atoms with Crippen LogP contribution in [0.4, 0.5) is 5.69 Å². The van der Waals surface area contributed by atoms with E-state index in [0.717, 1.165) is 0 Å². The molecule has 0 aliphatic heterocycles. The SMILES string of the molecule is Cc1cc(OCC(=O)N[C@H](C)C(C)C)ccc1[N+](=O)[O-]. The Morgan fingerprint density at radius 3 is 2.55 bits per heavy atom. The zero-order chi connectivity index (χ0) is 15.3. The predicted octanol–water partition coefficient (Wildman–Crippen LogP) is 2.44. The normalized spacial score (nSPS) is 12.1. The number of amides is 1. The Balaban J connectivity index is 2.56. The summed E-state index contributed by atoms with van der Waals surface area (Å²) in [6.07, 6.45) is 0. The van der Waals surface area contributed by atoms with Crippen molar-refractivity contribution in [1.29, 1.82) is 0 Å². The molecule has 0 aromatic heterocycles. The molecule has 6 heteroatoms. The Morgan fingerprint density at radius 2 is 2.05 bits per heavy atom. The third-order valence-electron chi connectivity index (χ3n) is 3.12. The van der Waals surface area contributed by atoms with Gasteiger partial charge in [-0.3, -0.25) is 14.9 Å². The van der Waals surface area contributed by atoms with Crippen LogP contribution in [-0.4, -0.2) is 23.5 Å². The lowest BCUT2D eigenvalue weighted by Crippen LogP contribution is -2.38. The van der Waals surface area contributed by atoms with E-state index in [1.807, 2.05) is 20.8 Å². The number of carbonyl (C=O) groups is 1. The van der Waals surface area contributed by atoms with E-state index in [0.29, 0.717) is 17.2 Å². The molecule has 0 unspecified atom stereocenters. The fraction of sp³-hybridized carbons (Fsp3) is 0.500. The second-order valence-electron chi connectivity index (χ2n) is 5.09. The maximum Gasteiger partial charge on any atom is 0.272 e. The molecular formula is C14H20N2O4.